The van der Waals surface area contributed by atoms with E-state index in [1.54, 1.807) is 12.1 Å². The first kappa shape index (κ1) is 14.3. The van der Waals surface area contributed by atoms with E-state index in [4.69, 9.17) is 0 Å². The molecule has 2 nitrogen and oxygen atoms in total. The van der Waals surface area contributed by atoms with Gasteiger partial charge in [0.1, 0.15) is 5.82 Å². The second-order valence-corrected chi connectivity index (χ2v) is 6.20. The molecule has 1 aromatic rings. The van der Waals surface area contributed by atoms with Crippen LogP contribution in [0.5, 0.6) is 0 Å². The average Bonchev–Trinajstić information content (AvgIpc) is 3.31. The van der Waals surface area contributed by atoms with Gasteiger partial charge in [-0.3, -0.25) is 4.79 Å². The molecule has 112 valence electrons. The summed E-state index contributed by atoms with van der Waals surface area (Å²) in [7, 11) is 0. The van der Waals surface area contributed by atoms with Gasteiger partial charge in [-0.15, -0.1) is 0 Å². The van der Waals surface area contributed by atoms with Crippen LogP contribution in [-0.4, -0.2) is 12.5 Å². The van der Waals surface area contributed by atoms with E-state index in [9.17, 15) is 9.18 Å². The van der Waals surface area contributed by atoms with E-state index in [0.717, 1.165) is 24.8 Å². The molecule has 1 amide bonds. The van der Waals surface area contributed by atoms with Crippen molar-refractivity contribution in [3.63, 3.8) is 0 Å². The Balaban J connectivity index is 1.55. The molecule has 1 aromatic carbocycles. The Kier molecular flexibility index (Phi) is 4.09. The maximum atomic E-state index is 13.0. The second-order valence-electron chi connectivity index (χ2n) is 6.20. The summed E-state index contributed by atoms with van der Waals surface area (Å²) in [6, 6.07) is 6.36. The van der Waals surface area contributed by atoms with Crippen molar-refractivity contribution in [2.24, 2.45) is 0 Å². The molecule has 1 saturated carbocycles. The highest BCUT2D eigenvalue weighted by Gasteiger charge is 2.50. The number of hydrogen-bond acceptors (Lipinski definition) is 1. The number of halogens is 1. The monoisotopic (exact) mass is 287 g/mol. The van der Waals surface area contributed by atoms with Crippen LogP contribution in [-0.2, 0) is 10.2 Å². The Labute approximate surface area is 125 Å². The molecule has 0 bridgehead atoms. The molecule has 2 aliphatic rings. The fraction of sp³-hybridized carbons (Fsp3) is 0.500. The van der Waals surface area contributed by atoms with E-state index in [0.29, 0.717) is 6.54 Å². The van der Waals surface area contributed by atoms with E-state index in [-0.39, 0.29) is 11.7 Å². The van der Waals surface area contributed by atoms with Crippen LogP contribution in [0.15, 0.2) is 35.9 Å². The van der Waals surface area contributed by atoms with E-state index >= 15 is 0 Å². The van der Waals surface area contributed by atoms with Crippen molar-refractivity contribution in [1.29, 1.82) is 0 Å². The topological polar surface area (TPSA) is 29.1 Å². The van der Waals surface area contributed by atoms with Crippen molar-refractivity contribution in [1.82, 2.24) is 5.32 Å². The first-order chi connectivity index (χ1) is 10.2. The molecule has 0 aliphatic heterocycles. The van der Waals surface area contributed by atoms with Gasteiger partial charge < -0.3 is 5.32 Å². The Morgan fingerprint density at radius 3 is 2.57 bits per heavy atom. The number of nitrogens with one attached hydrogen (secondary N) is 1. The molecular formula is C18H22FNO. The molecule has 0 heterocycles. The van der Waals surface area contributed by atoms with Gasteiger partial charge >= 0.3 is 0 Å². The van der Waals surface area contributed by atoms with Gasteiger partial charge in [0.25, 0.3) is 0 Å². The first-order valence-electron chi connectivity index (χ1n) is 7.93. The average molecular weight is 287 g/mol. The molecule has 0 saturated heterocycles. The van der Waals surface area contributed by atoms with Crippen LogP contribution >= 0.6 is 0 Å². The number of carbonyl (C=O) groups excluding carboxylic acids is 1. The maximum absolute atomic E-state index is 13.0. The summed E-state index contributed by atoms with van der Waals surface area (Å²) in [5, 5.41) is 3.07. The summed E-state index contributed by atoms with van der Waals surface area (Å²) in [5.74, 6) is -0.148. The van der Waals surface area contributed by atoms with Crippen LogP contribution < -0.4 is 5.32 Å². The second kappa shape index (κ2) is 6.00. The van der Waals surface area contributed by atoms with E-state index in [2.05, 4.69) is 11.4 Å². The lowest BCUT2D eigenvalue weighted by atomic mass is 9.94. The zero-order valence-electron chi connectivity index (χ0n) is 12.3. The zero-order valence-corrected chi connectivity index (χ0v) is 12.3. The quantitative estimate of drug-likeness (QED) is 0.819. The first-order valence-corrected chi connectivity index (χ1v) is 7.93. The lowest BCUT2D eigenvalue weighted by Crippen LogP contribution is -2.35. The van der Waals surface area contributed by atoms with Crippen molar-refractivity contribution in [3.8, 4) is 0 Å². The molecule has 1 fully saturated rings. The van der Waals surface area contributed by atoms with E-state index in [1.165, 1.54) is 43.4 Å². The molecule has 3 heteroatoms. The van der Waals surface area contributed by atoms with Crippen LogP contribution in [0.2, 0.25) is 0 Å². The Hall–Kier alpha value is -1.64. The SMILES string of the molecule is O=C(NCCC1=CCCCC1)C1(c2ccc(F)cc2)CC1. The predicted octanol–water partition coefficient (Wildman–Crippen LogP) is 3.86. The standard InChI is InChI=1S/C18H22FNO/c19-16-8-6-15(7-9-16)18(11-12-18)17(21)20-13-10-14-4-2-1-3-5-14/h4,6-9H,1-3,5,10-13H2,(H,20,21). The van der Waals surface area contributed by atoms with Gasteiger partial charge in [0, 0.05) is 6.54 Å². The van der Waals surface area contributed by atoms with Crippen molar-refractivity contribution in [2.45, 2.75) is 50.4 Å². The maximum Gasteiger partial charge on any atom is 0.230 e. The summed E-state index contributed by atoms with van der Waals surface area (Å²) < 4.78 is 13.0. The number of amides is 1. The third-order valence-electron chi connectivity index (χ3n) is 4.70. The van der Waals surface area contributed by atoms with E-state index in [1.807, 2.05) is 0 Å². The minimum absolute atomic E-state index is 0.102. The van der Waals surface area contributed by atoms with Crippen LogP contribution in [0, 0.1) is 5.82 Å². The van der Waals surface area contributed by atoms with Crippen LogP contribution in [0.1, 0.15) is 50.5 Å². The van der Waals surface area contributed by atoms with Gasteiger partial charge in [-0.05, 0) is 62.6 Å². The number of hydrogen-bond donors (Lipinski definition) is 1. The molecule has 0 unspecified atom stereocenters. The largest absolute Gasteiger partial charge is 0.355 e. The van der Waals surface area contributed by atoms with Crippen LogP contribution in [0.25, 0.3) is 0 Å². The highest BCUT2D eigenvalue weighted by molar-refractivity contribution is 5.91. The molecule has 0 aromatic heterocycles. The van der Waals surface area contributed by atoms with Crippen molar-refractivity contribution < 1.29 is 9.18 Å². The molecule has 3 rings (SSSR count). The van der Waals surface area contributed by atoms with Crippen LogP contribution in [0.4, 0.5) is 4.39 Å². The fourth-order valence-corrected chi connectivity index (χ4v) is 3.18. The van der Waals surface area contributed by atoms with Gasteiger partial charge in [-0.2, -0.15) is 0 Å². The van der Waals surface area contributed by atoms with Gasteiger partial charge in [0.05, 0.1) is 5.41 Å². The molecule has 0 atom stereocenters. The zero-order chi connectivity index (χ0) is 14.7. The van der Waals surface area contributed by atoms with Gasteiger partial charge in [-0.1, -0.05) is 23.8 Å². The van der Waals surface area contributed by atoms with Crippen LogP contribution in [0.3, 0.4) is 0 Å². The van der Waals surface area contributed by atoms with E-state index < -0.39 is 5.41 Å². The van der Waals surface area contributed by atoms with Gasteiger partial charge in [-0.25, -0.2) is 4.39 Å². The minimum atomic E-state index is -0.394. The molecule has 2 aliphatic carbocycles. The Bertz CT molecular complexity index is 543. The summed E-state index contributed by atoms with van der Waals surface area (Å²) in [4.78, 5) is 12.4. The van der Waals surface area contributed by atoms with Crippen molar-refractivity contribution >= 4 is 5.91 Å². The van der Waals surface area contributed by atoms with Crippen molar-refractivity contribution in [3.05, 3.63) is 47.3 Å². The normalized spacial score (nSPS) is 19.8. The minimum Gasteiger partial charge on any atom is -0.355 e. The molecule has 1 N–H and O–H groups in total. The van der Waals surface area contributed by atoms with Gasteiger partial charge in [0.15, 0.2) is 0 Å². The highest BCUT2D eigenvalue weighted by Crippen LogP contribution is 2.48. The molecule has 21 heavy (non-hydrogen) atoms. The third kappa shape index (κ3) is 3.17. The Morgan fingerprint density at radius 2 is 1.95 bits per heavy atom. The lowest BCUT2D eigenvalue weighted by Gasteiger charge is -2.17. The summed E-state index contributed by atoms with van der Waals surface area (Å²) in [6.07, 6.45) is 9.96. The smallest absolute Gasteiger partial charge is 0.230 e. The number of benzene rings is 1. The third-order valence-corrected chi connectivity index (χ3v) is 4.70. The number of allylic oxidation sites excluding steroid dienone is 1. The molecule has 0 radical (unpaired) electrons. The number of carbonyl (C=O) groups is 1. The van der Waals surface area contributed by atoms with Crippen molar-refractivity contribution in [2.75, 3.05) is 6.54 Å². The fourth-order valence-electron chi connectivity index (χ4n) is 3.18. The summed E-state index contributed by atoms with van der Waals surface area (Å²) in [5.41, 5.74) is 2.03. The predicted molar refractivity (Wildman–Crippen MR) is 81.5 cm³/mol. The lowest BCUT2D eigenvalue weighted by molar-refractivity contribution is -0.123. The highest BCUT2D eigenvalue weighted by atomic mass is 19.1. The summed E-state index contributed by atoms with van der Waals surface area (Å²) >= 11 is 0. The molecular weight excluding hydrogens is 265 g/mol. The molecule has 0 spiro atoms. The number of rotatable bonds is 5. The summed E-state index contributed by atoms with van der Waals surface area (Å²) in [6.45, 7) is 0.716. The Morgan fingerprint density at radius 1 is 1.19 bits per heavy atom. The van der Waals surface area contributed by atoms with Gasteiger partial charge in [0.2, 0.25) is 5.91 Å².